The molecular weight excluding hydrogens is 348 g/mol. The molecule has 1 heterocycles. The summed E-state index contributed by atoms with van der Waals surface area (Å²) in [7, 11) is 1.37. The van der Waals surface area contributed by atoms with Gasteiger partial charge >= 0.3 is 5.97 Å². The Morgan fingerprint density at radius 3 is 2.62 bits per heavy atom. The van der Waals surface area contributed by atoms with Crippen molar-refractivity contribution in [2.24, 2.45) is 11.8 Å². The van der Waals surface area contributed by atoms with Gasteiger partial charge in [0, 0.05) is 11.3 Å². The number of ether oxygens (including phenoxy) is 1. The van der Waals surface area contributed by atoms with Gasteiger partial charge in [0.1, 0.15) is 0 Å². The number of rotatable bonds is 8. The van der Waals surface area contributed by atoms with Crippen LogP contribution in [0, 0.1) is 11.8 Å². The second kappa shape index (κ2) is 10.6. The number of amides is 1. The Kier molecular flexibility index (Phi) is 8.45. The van der Waals surface area contributed by atoms with Crippen LogP contribution in [0.25, 0.3) is 0 Å². The van der Waals surface area contributed by atoms with Gasteiger partial charge in [-0.1, -0.05) is 19.1 Å². The molecule has 0 radical (unpaired) electrons. The highest BCUT2D eigenvalue weighted by Gasteiger charge is 2.24. The topological polar surface area (TPSA) is 67.4 Å². The molecule has 3 unspecified atom stereocenters. The molecule has 0 bridgehead atoms. The van der Waals surface area contributed by atoms with Crippen LogP contribution in [0.15, 0.2) is 29.2 Å². The van der Waals surface area contributed by atoms with E-state index in [2.05, 4.69) is 17.6 Å². The zero-order valence-electron chi connectivity index (χ0n) is 15.9. The maximum absolute atomic E-state index is 12.6. The van der Waals surface area contributed by atoms with Crippen molar-refractivity contribution in [3.63, 3.8) is 0 Å². The summed E-state index contributed by atoms with van der Waals surface area (Å²) in [5.74, 6) is 0.523. The highest BCUT2D eigenvalue weighted by molar-refractivity contribution is 7.98. The minimum Gasteiger partial charge on any atom is -0.469 e. The Bertz CT molecular complexity index is 585. The van der Waals surface area contributed by atoms with Gasteiger partial charge in [-0.2, -0.15) is 0 Å². The molecule has 2 rings (SSSR count). The molecule has 26 heavy (non-hydrogen) atoms. The van der Waals surface area contributed by atoms with E-state index in [0.717, 1.165) is 23.5 Å². The third-order valence-electron chi connectivity index (χ3n) is 5.10. The first-order valence-corrected chi connectivity index (χ1v) is 10.5. The molecule has 1 saturated heterocycles. The van der Waals surface area contributed by atoms with Crippen molar-refractivity contribution in [2.45, 2.75) is 43.5 Å². The van der Waals surface area contributed by atoms with Gasteiger partial charge in [0.05, 0.1) is 19.6 Å². The van der Waals surface area contributed by atoms with E-state index in [-0.39, 0.29) is 24.3 Å². The fraction of sp³-hybridized carbons (Fsp3) is 0.600. The van der Waals surface area contributed by atoms with Crippen molar-refractivity contribution >= 4 is 23.6 Å². The minimum atomic E-state index is -0.359. The van der Waals surface area contributed by atoms with E-state index in [1.165, 1.54) is 20.0 Å². The van der Waals surface area contributed by atoms with Gasteiger partial charge in [-0.05, 0) is 61.7 Å². The predicted octanol–water partition coefficient (Wildman–Crippen LogP) is 3.15. The molecule has 6 heteroatoms. The summed E-state index contributed by atoms with van der Waals surface area (Å²) in [6, 6.07) is 7.59. The van der Waals surface area contributed by atoms with Crippen LogP contribution in [0.3, 0.4) is 0 Å². The van der Waals surface area contributed by atoms with Gasteiger partial charge in [-0.25, -0.2) is 0 Å². The van der Waals surface area contributed by atoms with Crippen LogP contribution >= 0.6 is 11.8 Å². The second-order valence-electron chi connectivity index (χ2n) is 6.96. The normalized spacial score (nSPS) is 19.4. The molecule has 1 amide bonds. The number of methoxy groups -OCH3 is 1. The molecule has 3 atom stereocenters. The number of piperidine rings is 1. The number of hydrogen-bond donors (Lipinski definition) is 2. The lowest BCUT2D eigenvalue weighted by molar-refractivity contribution is -0.141. The highest BCUT2D eigenvalue weighted by Crippen LogP contribution is 2.25. The summed E-state index contributed by atoms with van der Waals surface area (Å²) in [6.45, 7) is 4.19. The van der Waals surface area contributed by atoms with Crippen molar-refractivity contribution in [1.29, 1.82) is 0 Å². The molecule has 2 N–H and O–H groups in total. The summed E-state index contributed by atoms with van der Waals surface area (Å²) in [6.07, 6.45) is 4.98. The zero-order chi connectivity index (χ0) is 18.9. The van der Waals surface area contributed by atoms with Gasteiger partial charge < -0.3 is 15.4 Å². The zero-order valence-corrected chi connectivity index (χ0v) is 16.7. The van der Waals surface area contributed by atoms with Gasteiger partial charge in [0.2, 0.25) is 5.91 Å². The van der Waals surface area contributed by atoms with Crippen LogP contribution in [0.1, 0.15) is 44.2 Å². The lowest BCUT2D eigenvalue weighted by atomic mass is 9.85. The SMILES string of the molecule is COC(=O)CC(NC(=O)CC(C)C1CCCNC1)c1ccc(SC)cc1. The van der Waals surface area contributed by atoms with Crippen molar-refractivity contribution in [3.05, 3.63) is 29.8 Å². The van der Waals surface area contributed by atoms with Crippen molar-refractivity contribution in [3.8, 4) is 0 Å². The smallest absolute Gasteiger partial charge is 0.307 e. The van der Waals surface area contributed by atoms with E-state index >= 15 is 0 Å². The fourth-order valence-electron chi connectivity index (χ4n) is 3.42. The van der Waals surface area contributed by atoms with Crippen molar-refractivity contribution in [2.75, 3.05) is 26.5 Å². The van der Waals surface area contributed by atoms with Crippen molar-refractivity contribution < 1.29 is 14.3 Å². The number of nitrogens with one attached hydrogen (secondary N) is 2. The van der Waals surface area contributed by atoms with Crippen LogP contribution in [0.2, 0.25) is 0 Å². The lowest BCUT2D eigenvalue weighted by Gasteiger charge is -2.28. The number of esters is 1. The molecule has 1 fully saturated rings. The fourth-order valence-corrected chi connectivity index (χ4v) is 3.82. The number of thioether (sulfide) groups is 1. The van der Waals surface area contributed by atoms with E-state index in [1.54, 1.807) is 11.8 Å². The maximum Gasteiger partial charge on any atom is 0.307 e. The van der Waals surface area contributed by atoms with E-state index in [0.29, 0.717) is 18.3 Å². The average molecular weight is 379 g/mol. The Hall–Kier alpha value is -1.53. The first kappa shape index (κ1) is 20.8. The largest absolute Gasteiger partial charge is 0.469 e. The highest BCUT2D eigenvalue weighted by atomic mass is 32.2. The van der Waals surface area contributed by atoms with Gasteiger partial charge in [0.25, 0.3) is 0 Å². The molecule has 0 spiro atoms. The second-order valence-corrected chi connectivity index (χ2v) is 7.84. The van der Waals surface area contributed by atoms with E-state index < -0.39 is 0 Å². The van der Waals surface area contributed by atoms with Crippen LogP contribution in [-0.4, -0.2) is 38.3 Å². The third kappa shape index (κ3) is 6.32. The lowest BCUT2D eigenvalue weighted by Crippen LogP contribution is -2.36. The van der Waals surface area contributed by atoms with Crippen molar-refractivity contribution in [1.82, 2.24) is 10.6 Å². The maximum atomic E-state index is 12.6. The number of carbonyl (C=O) groups excluding carboxylic acids is 2. The Labute approximate surface area is 160 Å². The van der Waals surface area contributed by atoms with E-state index in [1.807, 2.05) is 30.5 Å². The summed E-state index contributed by atoms with van der Waals surface area (Å²) in [4.78, 5) is 25.5. The summed E-state index contributed by atoms with van der Waals surface area (Å²) < 4.78 is 4.80. The number of carbonyl (C=O) groups is 2. The molecule has 0 aliphatic carbocycles. The molecule has 144 valence electrons. The average Bonchev–Trinajstić information content (AvgIpc) is 2.68. The van der Waals surface area contributed by atoms with Gasteiger partial charge in [0.15, 0.2) is 0 Å². The van der Waals surface area contributed by atoms with Crippen LogP contribution < -0.4 is 10.6 Å². The molecular formula is C20H30N2O3S. The minimum absolute atomic E-state index is 0.00841. The summed E-state index contributed by atoms with van der Waals surface area (Å²) >= 11 is 1.66. The first-order valence-electron chi connectivity index (χ1n) is 9.24. The molecule has 1 aromatic carbocycles. The Balaban J connectivity index is 1.99. The van der Waals surface area contributed by atoms with E-state index in [4.69, 9.17) is 4.74 Å². The first-order chi connectivity index (χ1) is 12.5. The van der Waals surface area contributed by atoms with Gasteiger partial charge in [-0.3, -0.25) is 9.59 Å². The molecule has 1 aliphatic rings. The van der Waals surface area contributed by atoms with Crippen LogP contribution in [0.4, 0.5) is 0 Å². The molecule has 1 aromatic rings. The van der Waals surface area contributed by atoms with Crippen LogP contribution in [-0.2, 0) is 14.3 Å². The Morgan fingerprint density at radius 2 is 2.04 bits per heavy atom. The summed E-state index contributed by atoms with van der Waals surface area (Å²) in [5.41, 5.74) is 0.925. The van der Waals surface area contributed by atoms with Gasteiger partial charge in [-0.15, -0.1) is 11.8 Å². The quantitative estimate of drug-likeness (QED) is 0.537. The number of benzene rings is 1. The monoisotopic (exact) mass is 378 g/mol. The Morgan fingerprint density at radius 1 is 1.31 bits per heavy atom. The standard InChI is InChI=1S/C20H30N2O3S/c1-14(16-5-4-10-21-13-16)11-19(23)22-18(12-20(24)25-2)15-6-8-17(26-3)9-7-15/h6-9,14,16,18,21H,4-5,10-13H2,1-3H3,(H,22,23). The molecule has 0 aromatic heterocycles. The molecule has 5 nitrogen and oxygen atoms in total. The molecule has 1 aliphatic heterocycles. The predicted molar refractivity (Wildman–Crippen MR) is 105 cm³/mol. The molecule has 0 saturated carbocycles. The third-order valence-corrected chi connectivity index (χ3v) is 5.84. The number of hydrogen-bond acceptors (Lipinski definition) is 5. The van der Waals surface area contributed by atoms with E-state index in [9.17, 15) is 9.59 Å². The van der Waals surface area contributed by atoms with Crippen LogP contribution in [0.5, 0.6) is 0 Å². The summed E-state index contributed by atoms with van der Waals surface area (Å²) in [5, 5.41) is 6.44.